The Labute approximate surface area is 134 Å². The molecule has 1 aromatic rings. The van der Waals surface area contributed by atoms with Gasteiger partial charge in [-0.05, 0) is 36.7 Å². The molecule has 1 saturated heterocycles. The summed E-state index contributed by atoms with van der Waals surface area (Å²) in [7, 11) is 0. The maximum atomic E-state index is 12.3. The number of carbonyl (C=O) groups excluding carboxylic acids is 1. The van der Waals surface area contributed by atoms with Crippen LogP contribution in [0.2, 0.25) is 0 Å². The minimum Gasteiger partial charge on any atom is -0.444 e. The van der Waals surface area contributed by atoms with Crippen molar-refractivity contribution in [3.63, 3.8) is 0 Å². The van der Waals surface area contributed by atoms with Crippen LogP contribution in [0.15, 0.2) is 18.3 Å². The number of carbonyl (C=O) groups is 1. The third kappa shape index (κ3) is 4.06. The summed E-state index contributed by atoms with van der Waals surface area (Å²) in [4.78, 5) is 27.8. The third-order valence-electron chi connectivity index (χ3n) is 2.70. The van der Waals surface area contributed by atoms with Crippen molar-refractivity contribution >= 4 is 17.6 Å². The van der Waals surface area contributed by atoms with E-state index in [4.69, 9.17) is 10.2 Å². The third-order valence-corrected chi connectivity index (χ3v) is 2.70. The normalized spacial score (nSPS) is 22.9. The van der Waals surface area contributed by atoms with Gasteiger partial charge in [0.05, 0.1) is 11.2 Å². The number of pyridine rings is 1. The van der Waals surface area contributed by atoms with Gasteiger partial charge < -0.3 is 24.7 Å². The van der Waals surface area contributed by atoms with Crippen LogP contribution >= 0.6 is 0 Å². The minimum atomic E-state index is -2.37. The smallest absolute Gasteiger partial charge is 0.410 e. The number of hydrogen-bond acceptors (Lipinski definition) is 6. The lowest BCUT2D eigenvalue weighted by Crippen LogP contribution is -2.50. The zero-order chi connectivity index (χ0) is 19.9. The topological polar surface area (TPSA) is 88.8 Å². The van der Waals surface area contributed by atoms with Crippen molar-refractivity contribution < 1.29 is 19.9 Å². The largest absolute Gasteiger partial charge is 0.444 e. The highest BCUT2D eigenvalue weighted by Gasteiger charge is 2.26. The van der Waals surface area contributed by atoms with E-state index in [1.165, 1.54) is 17.2 Å². The molecule has 0 atom stereocenters. The van der Waals surface area contributed by atoms with Gasteiger partial charge in [-0.15, -0.1) is 0 Å². The molecule has 0 unspecified atom stereocenters. The molecular formula is C14H20N4O4. The molecule has 2 rings (SSSR count). The second kappa shape index (κ2) is 6.17. The molecule has 1 aliphatic rings. The van der Waals surface area contributed by atoms with E-state index in [1.807, 2.05) is 0 Å². The Balaban J connectivity index is 2.28. The summed E-state index contributed by atoms with van der Waals surface area (Å²) in [6, 6.07) is 2.52. The van der Waals surface area contributed by atoms with Gasteiger partial charge in [0.1, 0.15) is 5.60 Å². The van der Waals surface area contributed by atoms with Crippen molar-refractivity contribution in [2.24, 2.45) is 0 Å². The van der Waals surface area contributed by atoms with Gasteiger partial charge in [-0.3, -0.25) is 0 Å². The lowest BCUT2D eigenvalue weighted by atomic mass is 10.2. The Kier molecular flexibility index (Phi) is 3.15. The Bertz CT molecular complexity index is 688. The van der Waals surface area contributed by atoms with Crippen molar-refractivity contribution in [1.82, 2.24) is 9.88 Å². The number of nitrogens with zero attached hydrogens (tertiary/aromatic N) is 4. The van der Waals surface area contributed by atoms with Gasteiger partial charge in [0.25, 0.3) is 0 Å². The van der Waals surface area contributed by atoms with Crippen LogP contribution in [0.1, 0.15) is 26.3 Å². The van der Waals surface area contributed by atoms with Crippen LogP contribution in [0.4, 0.5) is 16.3 Å². The van der Waals surface area contributed by atoms with Crippen LogP contribution < -0.4 is 4.90 Å². The van der Waals surface area contributed by atoms with Gasteiger partial charge in [-0.1, -0.05) is 0 Å². The second-order valence-electron chi connectivity index (χ2n) is 5.62. The fraction of sp³-hybridized carbons (Fsp3) is 0.571. The Hall–Kier alpha value is -2.38. The first-order valence-electron chi connectivity index (χ1n) is 8.62. The lowest BCUT2D eigenvalue weighted by molar-refractivity contribution is -0.389. The van der Waals surface area contributed by atoms with Gasteiger partial charge in [0.2, 0.25) is 0 Å². The first kappa shape index (κ1) is 11.2. The average molecular weight is 312 g/mol. The highest BCUT2D eigenvalue weighted by Crippen LogP contribution is 2.19. The summed E-state index contributed by atoms with van der Waals surface area (Å²) >= 11 is 0. The van der Waals surface area contributed by atoms with Crippen molar-refractivity contribution in [3.8, 4) is 0 Å². The minimum absolute atomic E-state index is 0.312. The Morgan fingerprint density at radius 2 is 2.05 bits per heavy atom. The van der Waals surface area contributed by atoms with Crippen LogP contribution in [0.25, 0.3) is 0 Å². The number of piperazine rings is 1. The molecule has 0 N–H and O–H groups in total. The fourth-order valence-electron chi connectivity index (χ4n) is 1.72. The molecular weight excluding hydrogens is 288 g/mol. The molecule has 0 spiro atoms. The molecule has 0 saturated carbocycles. The zero-order valence-electron chi connectivity index (χ0n) is 16.6. The molecule has 22 heavy (non-hydrogen) atoms. The molecule has 0 radical (unpaired) electrons. The zero-order valence-corrected chi connectivity index (χ0v) is 12.6. The molecule has 0 bridgehead atoms. The number of aromatic nitrogens is 1. The molecule has 1 aliphatic heterocycles. The van der Waals surface area contributed by atoms with E-state index in [1.54, 1.807) is 20.8 Å². The van der Waals surface area contributed by atoms with E-state index in [0.29, 0.717) is 10.6 Å². The summed E-state index contributed by atoms with van der Waals surface area (Å²) < 4.78 is 37.7. The van der Waals surface area contributed by atoms with Gasteiger partial charge in [0.15, 0.2) is 6.20 Å². The molecule has 0 aliphatic carbocycles. The highest BCUT2D eigenvalue weighted by molar-refractivity contribution is 5.68. The number of ether oxygens (including phenoxy) is 1. The predicted molar refractivity (Wildman–Crippen MR) is 80.9 cm³/mol. The molecule has 120 valence electrons. The predicted octanol–water partition coefficient (Wildman–Crippen LogP) is 2.05. The number of amides is 1. The van der Waals surface area contributed by atoms with Crippen LogP contribution in [-0.4, -0.2) is 52.6 Å². The number of anilines is 1. The van der Waals surface area contributed by atoms with E-state index in [0.717, 1.165) is 6.07 Å². The van der Waals surface area contributed by atoms with E-state index in [2.05, 4.69) is 4.98 Å². The van der Waals surface area contributed by atoms with Crippen LogP contribution in [0.3, 0.4) is 0 Å². The fourth-order valence-corrected chi connectivity index (χ4v) is 1.72. The highest BCUT2D eigenvalue weighted by atomic mass is 16.6. The summed E-state index contributed by atoms with van der Waals surface area (Å²) in [5, 5.41) is 10.7. The van der Waals surface area contributed by atoms with Crippen LogP contribution in [0, 0.1) is 10.1 Å². The van der Waals surface area contributed by atoms with E-state index in [9.17, 15) is 14.9 Å². The van der Waals surface area contributed by atoms with Crippen molar-refractivity contribution in [2.75, 3.05) is 31.0 Å². The SMILES string of the molecule is [2H]C1([2H])CN(c2ccc([N+](=O)[O-])nc2)CC([2H])([2H])N1C(=O)OC(C)(C)C. The molecule has 2 heterocycles. The van der Waals surface area contributed by atoms with E-state index < -0.39 is 29.6 Å². The molecule has 8 heteroatoms. The average Bonchev–Trinajstić information content (AvgIpc) is 2.42. The lowest BCUT2D eigenvalue weighted by Gasteiger charge is -2.36. The molecule has 1 aromatic heterocycles. The van der Waals surface area contributed by atoms with Crippen LogP contribution in [0.5, 0.6) is 0 Å². The maximum absolute atomic E-state index is 12.3. The molecule has 1 fully saturated rings. The first-order valence-corrected chi connectivity index (χ1v) is 6.62. The van der Waals surface area contributed by atoms with E-state index in [-0.39, 0.29) is 18.9 Å². The van der Waals surface area contributed by atoms with Crippen LogP contribution in [-0.2, 0) is 4.74 Å². The monoisotopic (exact) mass is 312 g/mol. The standard InChI is InChI=1S/C14H20N4O4/c1-14(2,3)22-13(19)17-8-6-16(7-9-17)11-4-5-12(15-10-11)18(20)21/h4-5,10H,6-9H2,1-3H3/i8D2,9D2. The molecule has 8 nitrogen and oxygen atoms in total. The summed E-state index contributed by atoms with van der Waals surface area (Å²) in [5.41, 5.74) is -0.588. The number of hydrogen-bond donors (Lipinski definition) is 0. The quantitative estimate of drug-likeness (QED) is 0.613. The second-order valence-corrected chi connectivity index (χ2v) is 5.62. The van der Waals surface area contributed by atoms with Gasteiger partial charge >= 0.3 is 11.9 Å². The van der Waals surface area contributed by atoms with Gasteiger partial charge in [0, 0.05) is 32.1 Å². The molecule has 1 amide bonds. The summed E-state index contributed by atoms with van der Waals surface area (Å²) in [5.74, 6) is -0.368. The summed E-state index contributed by atoms with van der Waals surface area (Å²) in [6.45, 7) is -0.604. The number of nitro groups is 1. The Morgan fingerprint density at radius 1 is 1.41 bits per heavy atom. The van der Waals surface area contributed by atoms with Crippen molar-refractivity contribution in [2.45, 2.75) is 26.4 Å². The number of rotatable bonds is 2. The molecule has 0 aromatic carbocycles. The maximum Gasteiger partial charge on any atom is 0.410 e. The first-order chi connectivity index (χ1) is 11.7. The van der Waals surface area contributed by atoms with Crippen molar-refractivity contribution in [3.05, 3.63) is 28.4 Å². The van der Waals surface area contributed by atoms with E-state index >= 15 is 0 Å². The Morgan fingerprint density at radius 3 is 2.50 bits per heavy atom. The summed E-state index contributed by atoms with van der Waals surface area (Å²) in [6.07, 6.45) is 0.0851. The van der Waals surface area contributed by atoms with Gasteiger partial charge in [-0.25, -0.2) is 4.79 Å². The van der Waals surface area contributed by atoms with Crippen molar-refractivity contribution in [1.29, 1.82) is 0 Å². The van der Waals surface area contributed by atoms with Gasteiger partial charge in [-0.2, -0.15) is 0 Å².